The van der Waals surface area contributed by atoms with Crippen LogP contribution in [0.3, 0.4) is 0 Å². The Morgan fingerprint density at radius 3 is 1.95 bits per heavy atom. The second kappa shape index (κ2) is 31.0. The molecule has 6 aliphatic rings. The van der Waals surface area contributed by atoms with Gasteiger partial charge in [0.2, 0.25) is 53.4 Å². The van der Waals surface area contributed by atoms with Crippen molar-refractivity contribution in [2.24, 2.45) is 11.7 Å². The van der Waals surface area contributed by atoms with Crippen molar-refractivity contribution in [1.29, 1.82) is 0 Å². The number of phenols is 3. The number of aliphatic hydroxyl groups excluding tert-OH is 6. The van der Waals surface area contributed by atoms with Gasteiger partial charge in [-0.1, -0.05) is 43.6 Å². The van der Waals surface area contributed by atoms with E-state index >= 15 is 19.2 Å². The van der Waals surface area contributed by atoms with E-state index in [1.807, 2.05) is 0 Å². The SMILES string of the molecule is Cc1cc2ccc1Oc1cc3cc(c1O[C@@H]1O[C@H](CO)[C@@H](O)[C@H](O)[C@H]1O)Oc1ccc(cc1Cl)[C@@H](O)[C@@H]1NC(=O)[C@H](NC(=O)[C@@H]3NC(=O)[C@H](CC(N)=O)NC(=O)[C@H](NC(=O)[C@@H](CC(C)C)N(C)C(=O)OCc3ccc([N+](=O)[O-])cc3)[C@@H]2O)c2ccc(O)c(c2)-c2c(O)cc(O)cc2[C@@H](C(=O)O)NC1=O. The third-order valence-corrected chi connectivity index (χ3v) is 17.8. The van der Waals surface area contributed by atoms with E-state index in [0.717, 1.165) is 65.6 Å². The number of aromatic hydroxyl groups is 3. The van der Waals surface area contributed by atoms with Crippen molar-refractivity contribution in [3.63, 3.8) is 0 Å². The lowest BCUT2D eigenvalue weighted by Crippen LogP contribution is -2.60. The van der Waals surface area contributed by atoms with Crippen molar-refractivity contribution < 1.29 is 123 Å². The summed E-state index contributed by atoms with van der Waals surface area (Å²) in [5, 5.41) is 138. The number of carbonyl (C=O) groups is 9. The summed E-state index contributed by atoms with van der Waals surface area (Å²) in [5.74, 6) is -16.7. The van der Waals surface area contributed by atoms with Crippen molar-refractivity contribution in [3.8, 4) is 57.1 Å². The molecule has 14 atom stereocenters. The number of hydrogen-bond acceptors (Lipinski definition) is 25. The van der Waals surface area contributed by atoms with Crippen LogP contribution in [0, 0.1) is 23.0 Å². The second-order valence-corrected chi connectivity index (χ2v) is 25.7. The highest BCUT2D eigenvalue weighted by molar-refractivity contribution is 6.32. The Kier molecular flexibility index (Phi) is 22.4. The Balaban J connectivity index is 1.16. The van der Waals surface area contributed by atoms with Crippen molar-refractivity contribution in [2.75, 3.05) is 13.7 Å². The number of halogens is 1. The number of nitro benzene ring substituents is 1. The molecule has 0 radical (unpaired) electrons. The van der Waals surface area contributed by atoms with Crippen LogP contribution in [-0.2, 0) is 54.4 Å². The van der Waals surface area contributed by atoms with Crippen LogP contribution in [0.15, 0.2) is 103 Å². The summed E-state index contributed by atoms with van der Waals surface area (Å²) in [4.78, 5) is 143. The number of nitrogens with zero attached hydrogens (tertiary/aromatic N) is 2. The Morgan fingerprint density at radius 2 is 1.33 bits per heavy atom. The quantitative estimate of drug-likeness (QED) is 0.0542. The Hall–Kier alpha value is -11.4. The fraction of sp³-hybridized carbons (Fsp3) is 0.338. The van der Waals surface area contributed by atoms with Crippen molar-refractivity contribution >= 4 is 70.7 Å². The van der Waals surface area contributed by atoms with Gasteiger partial charge in [0, 0.05) is 41.9 Å². The zero-order valence-corrected chi connectivity index (χ0v) is 55.9. The number of benzene rings is 6. The molecule has 11 bridgehead atoms. The number of carbonyl (C=O) groups excluding carboxylic acids is 8. The molecule has 0 unspecified atom stereocenters. The Labute approximate surface area is 593 Å². The third kappa shape index (κ3) is 16.1. The molecular weight excluding hydrogens is 1390 g/mol. The molecule has 0 aromatic heterocycles. The number of carboxylic acids is 1. The number of primary amides is 1. The maximum absolute atomic E-state index is 15.9. The average Bonchev–Trinajstić information content (AvgIpc) is 0.769. The zero-order valence-electron chi connectivity index (χ0n) is 55.2. The van der Waals surface area contributed by atoms with Gasteiger partial charge in [-0.2, -0.15) is 0 Å². The lowest BCUT2D eigenvalue weighted by molar-refractivity contribution is -0.384. The van der Waals surface area contributed by atoms with Crippen LogP contribution in [0.4, 0.5) is 10.5 Å². The standard InChI is InChI=1S/C68H70ClN9O26/c1-26(2)15-39(77(4)68(97)100-25-28-5-10-33(11-6-28)78(98)99)61(90)75-52-54(84)30-8-13-42(27(3)16-30)101-44-19-32-20-45(59(44)104-67-58(88)57(87)56(86)46(24-79)103-67)102-43-14-9-31(18-37(43)69)55(85)53-65(94)74-51(66(95)96)36-21-34(80)22-41(82)48(36)35-17-29(7-12-40(35)81)49(62(91)76-53)73-63(92)50(32)72-60(89)38(23-47(70)83)71-64(52)93/h5-14,16-22,26,38-39,46,49-58,67,79-82,84-88H,15,23-25H2,1-4H3,(H2,70,83)(H,71,93)(H,72,89)(H,73,92)(H,74,94)(H,75,90)(H,76,91)(H,95,96)/t38-,39+,46+,49+,50+,51-,52+,53-,54+,55+,56+,57-,58+,67-/m0/s1. The molecule has 12 rings (SSSR count). The zero-order chi connectivity index (χ0) is 75.6. The van der Waals surface area contributed by atoms with E-state index < -0.39 is 231 Å². The molecule has 0 saturated carbocycles. The highest BCUT2D eigenvalue weighted by Crippen LogP contribution is 2.49. The topological polar surface area (TPSA) is 547 Å². The molecular formula is C68H70ClN9O26. The molecule has 0 spiro atoms. The molecule has 1 saturated heterocycles. The maximum Gasteiger partial charge on any atom is 0.410 e. The van der Waals surface area contributed by atoms with Gasteiger partial charge >= 0.3 is 12.1 Å². The van der Waals surface area contributed by atoms with Gasteiger partial charge in [0.05, 0.1) is 23.0 Å². The summed E-state index contributed by atoms with van der Waals surface area (Å²) < 4.78 is 30.6. The number of aliphatic hydroxyl groups is 6. The van der Waals surface area contributed by atoms with Gasteiger partial charge in [0.25, 0.3) is 5.69 Å². The minimum absolute atomic E-state index is 0.0832. The first-order valence-corrected chi connectivity index (χ1v) is 32.2. The summed E-state index contributed by atoms with van der Waals surface area (Å²) in [7, 11) is 1.20. The second-order valence-electron chi connectivity index (χ2n) is 25.3. The van der Waals surface area contributed by atoms with Gasteiger partial charge in [-0.15, -0.1) is 0 Å². The smallest absolute Gasteiger partial charge is 0.410 e. The van der Waals surface area contributed by atoms with Gasteiger partial charge in [-0.05, 0) is 119 Å². The van der Waals surface area contributed by atoms with Gasteiger partial charge in [0.1, 0.15) is 108 Å². The third-order valence-electron chi connectivity index (χ3n) is 17.5. The lowest BCUT2D eigenvalue weighted by Gasteiger charge is -2.39. The van der Waals surface area contributed by atoms with Crippen molar-refractivity contribution in [2.45, 2.75) is 125 Å². The number of likely N-dealkylation sites (N-methyl/N-ethyl adjacent to an activating group) is 1. The molecule has 550 valence electrons. The first-order valence-electron chi connectivity index (χ1n) is 31.8. The largest absolute Gasteiger partial charge is 0.508 e. The highest BCUT2D eigenvalue weighted by atomic mass is 35.5. The van der Waals surface area contributed by atoms with Gasteiger partial charge in [-0.3, -0.25) is 48.6 Å². The molecule has 1 fully saturated rings. The van der Waals surface area contributed by atoms with E-state index in [0.29, 0.717) is 5.56 Å². The number of amides is 8. The molecule has 104 heavy (non-hydrogen) atoms. The number of ether oxygens (including phenoxy) is 5. The van der Waals surface area contributed by atoms with E-state index in [-0.39, 0.29) is 46.0 Å². The summed E-state index contributed by atoms with van der Waals surface area (Å²) in [6, 6.07) is 3.55. The first-order chi connectivity index (χ1) is 49.2. The molecule has 35 nitrogen and oxygen atoms in total. The van der Waals surface area contributed by atoms with Crippen LogP contribution in [-0.4, -0.2) is 183 Å². The number of aliphatic carboxylic acids is 1. The van der Waals surface area contributed by atoms with E-state index in [2.05, 4.69) is 31.9 Å². The van der Waals surface area contributed by atoms with E-state index in [1.165, 1.54) is 56.4 Å². The Morgan fingerprint density at radius 1 is 0.702 bits per heavy atom. The molecule has 0 aliphatic carbocycles. The number of non-ortho nitro benzene ring substituents is 1. The number of nitro groups is 1. The molecule has 6 aromatic rings. The van der Waals surface area contributed by atoms with E-state index in [4.69, 9.17) is 41.0 Å². The number of carboxylic acid groups (broad SMARTS) is 1. The maximum atomic E-state index is 15.9. The monoisotopic (exact) mass is 1460 g/mol. The van der Waals surface area contributed by atoms with Crippen LogP contribution in [0.2, 0.25) is 5.02 Å². The van der Waals surface area contributed by atoms with Gasteiger partial charge in [0.15, 0.2) is 17.5 Å². The summed E-state index contributed by atoms with van der Waals surface area (Å²) in [6.45, 7) is 3.43. The van der Waals surface area contributed by atoms with Crippen LogP contribution in [0.1, 0.15) is 96.0 Å². The molecule has 6 heterocycles. The molecule has 6 aromatic carbocycles. The van der Waals surface area contributed by atoms with Crippen molar-refractivity contribution in [1.82, 2.24) is 36.8 Å². The summed E-state index contributed by atoms with van der Waals surface area (Å²) >= 11 is 6.96. The lowest BCUT2D eigenvalue weighted by atomic mass is 9.89. The number of phenolic OH excluding ortho intramolecular Hbond substituents is 3. The molecule has 8 amide bonds. The Bertz CT molecular complexity index is 4410. The van der Waals surface area contributed by atoms with E-state index in [1.54, 1.807) is 13.8 Å². The number of nitrogens with two attached hydrogens (primary N) is 1. The van der Waals surface area contributed by atoms with Crippen LogP contribution < -0.4 is 51.8 Å². The van der Waals surface area contributed by atoms with Gasteiger partial charge in [-0.25, -0.2) is 9.59 Å². The predicted molar refractivity (Wildman–Crippen MR) is 355 cm³/mol. The van der Waals surface area contributed by atoms with Crippen LogP contribution >= 0.6 is 11.6 Å². The number of nitrogens with one attached hydrogen (secondary N) is 6. The summed E-state index contributed by atoms with van der Waals surface area (Å²) in [5.41, 5.74) is 3.00. The highest BCUT2D eigenvalue weighted by Gasteiger charge is 2.47. The number of aryl methyl sites for hydroxylation is 1. The average molecular weight is 1460 g/mol. The predicted octanol–water partition coefficient (Wildman–Crippen LogP) is 1.48. The van der Waals surface area contributed by atoms with Crippen LogP contribution in [0.25, 0.3) is 11.1 Å². The molecule has 18 N–H and O–H groups in total. The number of rotatable bonds is 14. The molecule has 6 aliphatic heterocycles. The fourth-order valence-corrected chi connectivity index (χ4v) is 12.3. The first kappa shape index (κ1) is 75.2. The number of fused-ring (bicyclic) bond motifs is 15. The minimum Gasteiger partial charge on any atom is -0.508 e. The van der Waals surface area contributed by atoms with Gasteiger partial charge < -0.3 is 112 Å². The van der Waals surface area contributed by atoms with Crippen LogP contribution in [0.5, 0.6) is 46.0 Å². The fourth-order valence-electron chi connectivity index (χ4n) is 12.1. The van der Waals surface area contributed by atoms with Crippen molar-refractivity contribution in [3.05, 3.63) is 157 Å². The normalized spacial score (nSPS) is 24.3. The van der Waals surface area contributed by atoms with E-state index in [9.17, 15) is 85.2 Å². The molecule has 36 heteroatoms. The summed E-state index contributed by atoms with van der Waals surface area (Å²) in [6.07, 6.45) is -16.7. The number of hydrogen-bond donors (Lipinski definition) is 17. The minimum atomic E-state index is -2.36.